The number of carbonyl (C=O) groups excluding carboxylic acids is 1. The van der Waals surface area contributed by atoms with E-state index in [-0.39, 0.29) is 11.7 Å². The monoisotopic (exact) mass is 324 g/mol. The second kappa shape index (κ2) is 6.70. The molecule has 0 bridgehead atoms. The molecule has 6 heteroatoms. The van der Waals surface area contributed by atoms with Crippen LogP contribution in [0.3, 0.4) is 0 Å². The first-order valence-corrected chi connectivity index (χ1v) is 7.85. The number of fused-ring (bicyclic) bond motifs is 1. The normalized spacial score (nSPS) is 10.9. The highest BCUT2D eigenvalue weighted by Gasteiger charge is 2.12. The van der Waals surface area contributed by atoms with Crippen LogP contribution in [0.15, 0.2) is 36.7 Å². The molecule has 0 atom stereocenters. The molecule has 0 aliphatic heterocycles. The molecule has 0 amide bonds. The number of Topliss-reactive ketones (excluding diaryl/α,β-unsaturated/α-hetero) is 1. The number of rotatable bonds is 6. The van der Waals surface area contributed by atoms with Gasteiger partial charge in [0.15, 0.2) is 0 Å². The summed E-state index contributed by atoms with van der Waals surface area (Å²) in [5.41, 5.74) is 7.89. The average molecular weight is 324 g/mol. The summed E-state index contributed by atoms with van der Waals surface area (Å²) in [6.07, 6.45) is 5.90. The number of nitrogens with zero attached hydrogens (tertiary/aromatic N) is 3. The fourth-order valence-corrected chi connectivity index (χ4v) is 2.82. The van der Waals surface area contributed by atoms with Crippen molar-refractivity contribution in [3.8, 4) is 11.6 Å². The van der Waals surface area contributed by atoms with E-state index in [1.165, 1.54) is 0 Å². The summed E-state index contributed by atoms with van der Waals surface area (Å²) in [5.74, 6) is 1.96. The minimum atomic E-state index is 0.208. The summed E-state index contributed by atoms with van der Waals surface area (Å²) in [6.45, 7) is 1.62. The maximum atomic E-state index is 11.2. The number of hydrogen-bond donors (Lipinski definition) is 1. The van der Waals surface area contributed by atoms with E-state index < -0.39 is 0 Å². The molecular formula is C18H20N4O2. The lowest BCUT2D eigenvalue weighted by atomic mass is 10.1. The van der Waals surface area contributed by atoms with Gasteiger partial charge in [-0.15, -0.1) is 0 Å². The van der Waals surface area contributed by atoms with Gasteiger partial charge >= 0.3 is 0 Å². The zero-order valence-electron chi connectivity index (χ0n) is 13.8. The van der Waals surface area contributed by atoms with Crippen LogP contribution in [0.1, 0.15) is 25.3 Å². The summed E-state index contributed by atoms with van der Waals surface area (Å²) < 4.78 is 7.34. The number of methoxy groups -OCH3 is 1. The summed E-state index contributed by atoms with van der Waals surface area (Å²) in [6, 6.07) is 7.75. The molecule has 6 nitrogen and oxygen atoms in total. The van der Waals surface area contributed by atoms with Crippen LogP contribution >= 0.6 is 0 Å². The molecule has 2 N–H and O–H groups in total. The molecule has 0 saturated heterocycles. The van der Waals surface area contributed by atoms with Gasteiger partial charge in [0.2, 0.25) is 5.95 Å². The van der Waals surface area contributed by atoms with Crippen molar-refractivity contribution in [2.75, 3.05) is 12.8 Å². The Labute approximate surface area is 140 Å². The first-order chi connectivity index (χ1) is 11.6. The van der Waals surface area contributed by atoms with Crippen LogP contribution in [0.25, 0.3) is 16.7 Å². The van der Waals surface area contributed by atoms with Crippen molar-refractivity contribution < 1.29 is 9.53 Å². The topological polar surface area (TPSA) is 83.0 Å². The van der Waals surface area contributed by atoms with Gasteiger partial charge in [-0.3, -0.25) is 0 Å². The third-order valence-corrected chi connectivity index (χ3v) is 3.98. The van der Waals surface area contributed by atoms with Crippen LogP contribution in [-0.4, -0.2) is 27.4 Å². The van der Waals surface area contributed by atoms with Gasteiger partial charge in [0.1, 0.15) is 17.4 Å². The van der Waals surface area contributed by atoms with E-state index in [0.29, 0.717) is 6.42 Å². The summed E-state index contributed by atoms with van der Waals surface area (Å²) in [4.78, 5) is 19.5. The maximum absolute atomic E-state index is 11.2. The Bertz CT molecular complexity index is 886. The molecule has 0 radical (unpaired) electrons. The Balaban J connectivity index is 2.07. The van der Waals surface area contributed by atoms with Gasteiger partial charge in [-0.1, -0.05) is 0 Å². The number of carbonyl (C=O) groups is 1. The van der Waals surface area contributed by atoms with E-state index in [9.17, 15) is 4.79 Å². The Morgan fingerprint density at radius 2 is 2.17 bits per heavy atom. The smallest absolute Gasteiger partial charge is 0.221 e. The lowest BCUT2D eigenvalue weighted by Crippen LogP contribution is -2.01. The number of aromatic nitrogens is 3. The quantitative estimate of drug-likeness (QED) is 0.754. The van der Waals surface area contributed by atoms with E-state index in [0.717, 1.165) is 40.9 Å². The van der Waals surface area contributed by atoms with Crippen LogP contribution in [0.4, 0.5) is 5.95 Å². The van der Waals surface area contributed by atoms with Gasteiger partial charge in [-0.2, -0.15) is 4.98 Å². The number of anilines is 1. The van der Waals surface area contributed by atoms with Crippen molar-refractivity contribution in [3.63, 3.8) is 0 Å². The fourth-order valence-electron chi connectivity index (χ4n) is 2.82. The molecule has 3 rings (SSSR count). The third kappa shape index (κ3) is 3.22. The van der Waals surface area contributed by atoms with Crippen molar-refractivity contribution in [1.82, 2.24) is 14.5 Å². The van der Waals surface area contributed by atoms with Crippen molar-refractivity contribution in [2.45, 2.75) is 26.2 Å². The molecule has 2 aromatic heterocycles. The zero-order valence-corrected chi connectivity index (χ0v) is 13.8. The van der Waals surface area contributed by atoms with Crippen molar-refractivity contribution in [1.29, 1.82) is 0 Å². The van der Waals surface area contributed by atoms with Gasteiger partial charge in [0.25, 0.3) is 0 Å². The molecule has 1 aromatic carbocycles. The van der Waals surface area contributed by atoms with Gasteiger partial charge in [0.05, 0.1) is 12.6 Å². The van der Waals surface area contributed by atoms with Crippen molar-refractivity contribution in [3.05, 3.63) is 42.2 Å². The number of benzene rings is 1. The van der Waals surface area contributed by atoms with Crippen LogP contribution in [-0.2, 0) is 11.2 Å². The second-order valence-corrected chi connectivity index (χ2v) is 5.74. The first-order valence-electron chi connectivity index (χ1n) is 7.85. The predicted octanol–water partition coefficient (Wildman–Crippen LogP) is 2.92. The number of ether oxygens (including phenoxy) is 1. The predicted molar refractivity (Wildman–Crippen MR) is 93.4 cm³/mol. The molecule has 3 aromatic rings. The summed E-state index contributed by atoms with van der Waals surface area (Å²) >= 11 is 0. The average Bonchev–Trinajstić information content (AvgIpc) is 2.92. The molecule has 0 spiro atoms. The zero-order chi connectivity index (χ0) is 17.1. The minimum absolute atomic E-state index is 0.208. The molecule has 0 aliphatic rings. The molecular weight excluding hydrogens is 304 g/mol. The maximum Gasteiger partial charge on any atom is 0.221 e. The highest BCUT2D eigenvalue weighted by atomic mass is 16.5. The van der Waals surface area contributed by atoms with Gasteiger partial charge in [0, 0.05) is 24.2 Å². The molecule has 0 saturated carbocycles. The number of nitrogens with two attached hydrogens (primary N) is 1. The minimum Gasteiger partial charge on any atom is -0.497 e. The van der Waals surface area contributed by atoms with Crippen LogP contribution in [0.5, 0.6) is 5.75 Å². The van der Waals surface area contributed by atoms with E-state index in [1.54, 1.807) is 20.2 Å². The molecule has 0 unspecified atom stereocenters. The first kappa shape index (κ1) is 16.0. The van der Waals surface area contributed by atoms with E-state index in [2.05, 4.69) is 9.97 Å². The largest absolute Gasteiger partial charge is 0.497 e. The van der Waals surface area contributed by atoms with Gasteiger partial charge in [-0.25, -0.2) is 4.98 Å². The second-order valence-electron chi connectivity index (χ2n) is 5.74. The standard InChI is InChI=1S/C18H20N4O2/c1-12(23)4-3-5-13-11-22(17-8-9-20-18(19)21-17)16-7-6-14(24-2)10-15(13)16/h6-11H,3-5H2,1-2H3,(H2,19,20,21). The number of nitrogen functional groups attached to an aromatic ring is 1. The Morgan fingerprint density at radius 3 is 2.88 bits per heavy atom. The van der Waals surface area contributed by atoms with Crippen molar-refractivity contribution in [2.24, 2.45) is 0 Å². The fraction of sp³-hybridized carbons (Fsp3) is 0.278. The molecule has 0 aliphatic carbocycles. The van der Waals surface area contributed by atoms with E-state index in [1.807, 2.05) is 35.0 Å². The SMILES string of the molecule is COc1ccc2c(c1)c(CCCC(C)=O)cn2-c1ccnc(N)n1. The third-order valence-electron chi connectivity index (χ3n) is 3.98. The van der Waals surface area contributed by atoms with Crippen LogP contribution < -0.4 is 10.5 Å². The lowest BCUT2D eigenvalue weighted by Gasteiger charge is -2.05. The summed E-state index contributed by atoms with van der Waals surface area (Å²) in [7, 11) is 1.65. The van der Waals surface area contributed by atoms with E-state index in [4.69, 9.17) is 10.5 Å². The van der Waals surface area contributed by atoms with Crippen molar-refractivity contribution >= 4 is 22.6 Å². The number of aryl methyl sites for hydroxylation is 1. The molecule has 0 fully saturated rings. The number of hydrogen-bond acceptors (Lipinski definition) is 5. The van der Waals surface area contributed by atoms with Crippen LogP contribution in [0, 0.1) is 0 Å². The van der Waals surface area contributed by atoms with Gasteiger partial charge in [-0.05, 0) is 49.6 Å². The Morgan fingerprint density at radius 1 is 1.33 bits per heavy atom. The number of ketones is 1. The molecule has 124 valence electrons. The van der Waals surface area contributed by atoms with Gasteiger partial charge < -0.3 is 19.8 Å². The Kier molecular flexibility index (Phi) is 4.46. The highest BCUT2D eigenvalue weighted by molar-refractivity contribution is 5.87. The lowest BCUT2D eigenvalue weighted by molar-refractivity contribution is -0.117. The molecule has 2 heterocycles. The van der Waals surface area contributed by atoms with Crippen LogP contribution in [0.2, 0.25) is 0 Å². The summed E-state index contributed by atoms with van der Waals surface area (Å²) in [5, 5.41) is 1.09. The molecule has 24 heavy (non-hydrogen) atoms. The Hall–Kier alpha value is -2.89. The highest BCUT2D eigenvalue weighted by Crippen LogP contribution is 2.29. The van der Waals surface area contributed by atoms with E-state index >= 15 is 0 Å².